The Balaban J connectivity index is 1.94. The summed E-state index contributed by atoms with van der Waals surface area (Å²) in [5, 5.41) is 4.31. The lowest BCUT2D eigenvalue weighted by atomic mass is 10.1. The zero-order valence-electron chi connectivity index (χ0n) is 11.6. The van der Waals surface area contributed by atoms with E-state index in [0.717, 1.165) is 29.5 Å². The average molecular weight is 282 g/mol. The van der Waals surface area contributed by atoms with Crippen LogP contribution in [0.3, 0.4) is 0 Å². The van der Waals surface area contributed by atoms with Crippen LogP contribution in [0.1, 0.15) is 50.6 Å². The van der Waals surface area contributed by atoms with Crippen molar-refractivity contribution in [3.63, 3.8) is 0 Å². The molecule has 1 aliphatic carbocycles. The Hall–Kier alpha value is -0.610. The zero-order chi connectivity index (χ0) is 13.5. The Labute approximate surface area is 119 Å². The summed E-state index contributed by atoms with van der Waals surface area (Å²) in [7, 11) is 0. The third kappa shape index (κ3) is 4.77. The molecule has 0 radical (unpaired) electrons. The number of nitrogens with one attached hydrogen (secondary N) is 1. The summed E-state index contributed by atoms with van der Waals surface area (Å²) in [5.74, 6) is 0.766. The number of aromatic nitrogens is 1. The van der Waals surface area contributed by atoms with Gasteiger partial charge in [0.1, 0.15) is 5.82 Å². The van der Waals surface area contributed by atoms with Crippen LogP contribution >= 0.6 is 11.8 Å². The molecular formula is C15H23FN2S. The molecule has 1 unspecified atom stereocenters. The van der Waals surface area contributed by atoms with Crippen LogP contribution in [-0.4, -0.2) is 22.5 Å². The Morgan fingerprint density at radius 3 is 2.89 bits per heavy atom. The first kappa shape index (κ1) is 14.8. The quantitative estimate of drug-likeness (QED) is 0.820. The van der Waals surface area contributed by atoms with Gasteiger partial charge in [0.05, 0.1) is 6.20 Å². The molecule has 1 heterocycles. The van der Waals surface area contributed by atoms with Gasteiger partial charge in [0.15, 0.2) is 0 Å². The SMILES string of the molecule is CCCNC(CSC1CCCC1)c1cncc(F)c1. The predicted octanol–water partition coefficient (Wildman–Crippen LogP) is 3.94. The highest BCUT2D eigenvalue weighted by atomic mass is 32.2. The molecule has 2 nitrogen and oxygen atoms in total. The molecule has 1 saturated carbocycles. The Bertz CT molecular complexity index is 380. The van der Waals surface area contributed by atoms with Crippen molar-refractivity contribution in [2.45, 2.75) is 50.3 Å². The fourth-order valence-corrected chi connectivity index (χ4v) is 3.94. The van der Waals surface area contributed by atoms with Crippen molar-refractivity contribution in [3.05, 3.63) is 29.8 Å². The summed E-state index contributed by atoms with van der Waals surface area (Å²) in [6, 6.07) is 1.82. The van der Waals surface area contributed by atoms with Gasteiger partial charge < -0.3 is 5.32 Å². The number of rotatable bonds is 7. The molecule has 1 atom stereocenters. The number of pyridine rings is 1. The van der Waals surface area contributed by atoms with Crippen LogP contribution in [0, 0.1) is 5.82 Å². The van der Waals surface area contributed by atoms with Crippen LogP contribution in [0.25, 0.3) is 0 Å². The molecule has 0 amide bonds. The van der Waals surface area contributed by atoms with Crippen molar-refractivity contribution in [1.29, 1.82) is 0 Å². The van der Waals surface area contributed by atoms with E-state index in [4.69, 9.17) is 0 Å². The second-order valence-electron chi connectivity index (χ2n) is 5.18. The average Bonchev–Trinajstić information content (AvgIpc) is 2.92. The lowest BCUT2D eigenvalue weighted by Gasteiger charge is -2.20. The van der Waals surface area contributed by atoms with Gasteiger partial charge in [0.25, 0.3) is 0 Å². The topological polar surface area (TPSA) is 24.9 Å². The van der Waals surface area contributed by atoms with E-state index in [1.807, 2.05) is 11.8 Å². The van der Waals surface area contributed by atoms with Crippen molar-refractivity contribution >= 4 is 11.8 Å². The van der Waals surface area contributed by atoms with E-state index >= 15 is 0 Å². The van der Waals surface area contributed by atoms with E-state index in [0.29, 0.717) is 0 Å². The molecule has 0 aliphatic heterocycles. The standard InChI is InChI=1S/C15H23FN2S/c1-2-7-18-15(11-19-14-5-3-4-6-14)12-8-13(16)10-17-9-12/h8-10,14-15,18H,2-7,11H2,1H3. The van der Waals surface area contributed by atoms with E-state index in [-0.39, 0.29) is 11.9 Å². The highest BCUT2D eigenvalue weighted by molar-refractivity contribution is 7.99. The number of hydrogen-bond donors (Lipinski definition) is 1. The molecule has 0 aromatic carbocycles. The fourth-order valence-electron chi connectivity index (χ4n) is 2.50. The smallest absolute Gasteiger partial charge is 0.141 e. The van der Waals surface area contributed by atoms with Crippen molar-refractivity contribution in [2.75, 3.05) is 12.3 Å². The molecule has 2 rings (SSSR count). The van der Waals surface area contributed by atoms with E-state index in [1.165, 1.54) is 31.9 Å². The van der Waals surface area contributed by atoms with Crippen molar-refractivity contribution < 1.29 is 4.39 Å². The highest BCUT2D eigenvalue weighted by Gasteiger charge is 2.19. The van der Waals surface area contributed by atoms with E-state index in [2.05, 4.69) is 17.2 Å². The van der Waals surface area contributed by atoms with Gasteiger partial charge in [-0.05, 0) is 37.4 Å². The van der Waals surface area contributed by atoms with E-state index in [1.54, 1.807) is 12.3 Å². The first-order valence-corrected chi connectivity index (χ1v) is 8.30. The molecular weight excluding hydrogens is 259 g/mol. The Morgan fingerprint density at radius 1 is 1.42 bits per heavy atom. The summed E-state index contributed by atoms with van der Waals surface area (Å²) in [5.41, 5.74) is 0.971. The molecule has 0 saturated heterocycles. The van der Waals surface area contributed by atoms with Gasteiger partial charge in [-0.25, -0.2) is 4.39 Å². The summed E-state index contributed by atoms with van der Waals surface area (Å²) < 4.78 is 13.3. The minimum Gasteiger partial charge on any atom is -0.309 e. The Kier molecular flexibility index (Phi) is 6.11. The number of halogens is 1. The maximum atomic E-state index is 13.3. The molecule has 0 bridgehead atoms. The minimum absolute atomic E-state index is 0.216. The van der Waals surface area contributed by atoms with Crippen molar-refractivity contribution in [2.24, 2.45) is 0 Å². The second-order valence-corrected chi connectivity index (χ2v) is 6.52. The summed E-state index contributed by atoms with van der Waals surface area (Å²) in [6.07, 6.45) is 9.56. The molecule has 19 heavy (non-hydrogen) atoms. The fraction of sp³-hybridized carbons (Fsp3) is 0.667. The maximum Gasteiger partial charge on any atom is 0.141 e. The molecule has 4 heteroatoms. The predicted molar refractivity (Wildman–Crippen MR) is 79.9 cm³/mol. The number of hydrogen-bond acceptors (Lipinski definition) is 3. The van der Waals surface area contributed by atoms with Gasteiger partial charge in [0, 0.05) is 23.2 Å². The van der Waals surface area contributed by atoms with Crippen LogP contribution in [0.4, 0.5) is 4.39 Å². The monoisotopic (exact) mass is 282 g/mol. The molecule has 1 N–H and O–H groups in total. The molecule has 1 aromatic rings. The third-order valence-electron chi connectivity index (χ3n) is 3.57. The molecule has 106 valence electrons. The molecule has 1 aliphatic rings. The van der Waals surface area contributed by atoms with E-state index < -0.39 is 0 Å². The van der Waals surface area contributed by atoms with Crippen LogP contribution in [-0.2, 0) is 0 Å². The highest BCUT2D eigenvalue weighted by Crippen LogP contribution is 2.32. The van der Waals surface area contributed by atoms with Crippen LogP contribution in [0.15, 0.2) is 18.5 Å². The van der Waals surface area contributed by atoms with Gasteiger partial charge in [0.2, 0.25) is 0 Å². The summed E-state index contributed by atoms with van der Waals surface area (Å²) >= 11 is 2.03. The lowest BCUT2D eigenvalue weighted by Crippen LogP contribution is -2.25. The van der Waals surface area contributed by atoms with Crippen LogP contribution < -0.4 is 5.32 Å². The normalized spacial score (nSPS) is 17.8. The largest absolute Gasteiger partial charge is 0.309 e. The van der Waals surface area contributed by atoms with Gasteiger partial charge >= 0.3 is 0 Å². The van der Waals surface area contributed by atoms with Crippen molar-refractivity contribution in [1.82, 2.24) is 10.3 Å². The third-order valence-corrected chi connectivity index (χ3v) is 5.04. The van der Waals surface area contributed by atoms with Gasteiger partial charge in [-0.2, -0.15) is 11.8 Å². The number of nitrogens with zero attached hydrogens (tertiary/aromatic N) is 1. The minimum atomic E-state index is -0.244. The molecule has 1 aromatic heterocycles. The summed E-state index contributed by atoms with van der Waals surface area (Å²) in [4.78, 5) is 3.97. The van der Waals surface area contributed by atoms with Gasteiger partial charge in [-0.1, -0.05) is 19.8 Å². The lowest BCUT2D eigenvalue weighted by molar-refractivity contribution is 0.563. The first-order chi connectivity index (χ1) is 9.29. The first-order valence-electron chi connectivity index (χ1n) is 7.25. The number of thioether (sulfide) groups is 1. The van der Waals surface area contributed by atoms with Crippen molar-refractivity contribution in [3.8, 4) is 0 Å². The second kappa shape index (κ2) is 7.85. The van der Waals surface area contributed by atoms with Gasteiger partial charge in [-0.3, -0.25) is 4.98 Å². The van der Waals surface area contributed by atoms with Gasteiger partial charge in [-0.15, -0.1) is 0 Å². The molecule has 1 fully saturated rings. The zero-order valence-corrected chi connectivity index (χ0v) is 12.4. The Morgan fingerprint density at radius 2 is 2.21 bits per heavy atom. The molecule has 0 spiro atoms. The van der Waals surface area contributed by atoms with Crippen LogP contribution in [0.5, 0.6) is 0 Å². The maximum absolute atomic E-state index is 13.3. The van der Waals surface area contributed by atoms with Crippen LogP contribution in [0.2, 0.25) is 0 Å². The van der Waals surface area contributed by atoms with E-state index in [9.17, 15) is 4.39 Å². The summed E-state index contributed by atoms with van der Waals surface area (Å²) in [6.45, 7) is 3.12.